The number of nitrogens with zero attached hydrogens (tertiary/aromatic N) is 3. The monoisotopic (exact) mass is 503 g/mol. The Kier molecular flexibility index (Phi) is 8.75. The number of anilines is 1. The van der Waals surface area contributed by atoms with Gasteiger partial charge in [-0.25, -0.2) is 9.37 Å². The molecule has 0 atom stereocenters. The highest BCUT2D eigenvalue weighted by molar-refractivity contribution is 14.0. The van der Waals surface area contributed by atoms with Gasteiger partial charge in [-0.05, 0) is 37.5 Å². The van der Waals surface area contributed by atoms with Gasteiger partial charge in [0.1, 0.15) is 5.82 Å². The Morgan fingerprint density at radius 1 is 1.37 bits per heavy atom. The summed E-state index contributed by atoms with van der Waals surface area (Å²) in [7, 11) is 1.79. The van der Waals surface area contributed by atoms with Crippen LogP contribution in [0.25, 0.3) is 0 Å². The SMILES string of the molecule is CCc1nc(CNC(=NC)NC2CCN(c3cccc(F)c3)CC2)cs1.I. The maximum absolute atomic E-state index is 13.4. The average molecular weight is 503 g/mol. The molecule has 1 aliphatic rings. The van der Waals surface area contributed by atoms with Gasteiger partial charge in [0.05, 0.1) is 17.2 Å². The van der Waals surface area contributed by atoms with Gasteiger partial charge in [-0.1, -0.05) is 13.0 Å². The summed E-state index contributed by atoms with van der Waals surface area (Å²) in [6.07, 6.45) is 2.96. The number of halogens is 2. The summed E-state index contributed by atoms with van der Waals surface area (Å²) in [6.45, 7) is 4.61. The molecule has 0 unspecified atom stereocenters. The van der Waals surface area contributed by atoms with Crippen molar-refractivity contribution in [3.8, 4) is 0 Å². The molecule has 148 valence electrons. The van der Waals surface area contributed by atoms with Gasteiger partial charge in [-0.3, -0.25) is 4.99 Å². The zero-order chi connectivity index (χ0) is 18.4. The number of hydrogen-bond donors (Lipinski definition) is 2. The second-order valence-electron chi connectivity index (χ2n) is 6.40. The van der Waals surface area contributed by atoms with Crippen LogP contribution in [0, 0.1) is 5.82 Å². The molecule has 0 saturated carbocycles. The maximum Gasteiger partial charge on any atom is 0.191 e. The Bertz CT molecular complexity index is 743. The van der Waals surface area contributed by atoms with E-state index >= 15 is 0 Å². The van der Waals surface area contributed by atoms with Gasteiger partial charge < -0.3 is 15.5 Å². The summed E-state index contributed by atoms with van der Waals surface area (Å²) < 4.78 is 13.4. The summed E-state index contributed by atoms with van der Waals surface area (Å²) >= 11 is 1.70. The summed E-state index contributed by atoms with van der Waals surface area (Å²) in [5.74, 6) is 0.626. The van der Waals surface area contributed by atoms with Crippen molar-refractivity contribution < 1.29 is 4.39 Å². The van der Waals surface area contributed by atoms with Crippen molar-refractivity contribution in [2.45, 2.75) is 38.8 Å². The molecular formula is C19H27FIN5S. The number of hydrogen-bond acceptors (Lipinski definition) is 4. The lowest BCUT2D eigenvalue weighted by Gasteiger charge is -2.34. The lowest BCUT2D eigenvalue weighted by Crippen LogP contribution is -2.48. The van der Waals surface area contributed by atoms with Crippen molar-refractivity contribution in [2.75, 3.05) is 25.0 Å². The molecule has 0 spiro atoms. The Morgan fingerprint density at radius 3 is 2.78 bits per heavy atom. The van der Waals surface area contributed by atoms with Crippen LogP contribution in [0.2, 0.25) is 0 Å². The number of piperidine rings is 1. The molecule has 1 fully saturated rings. The second-order valence-corrected chi connectivity index (χ2v) is 7.34. The molecule has 27 heavy (non-hydrogen) atoms. The molecule has 0 radical (unpaired) electrons. The predicted molar refractivity (Wildman–Crippen MR) is 122 cm³/mol. The van der Waals surface area contributed by atoms with Crippen LogP contribution in [-0.2, 0) is 13.0 Å². The molecule has 0 aliphatic carbocycles. The smallest absolute Gasteiger partial charge is 0.191 e. The number of aliphatic imine (C=N–C) groups is 1. The Hall–Kier alpha value is -1.42. The van der Waals surface area contributed by atoms with Crippen molar-refractivity contribution in [1.82, 2.24) is 15.6 Å². The molecule has 2 heterocycles. The molecule has 1 aliphatic heterocycles. The number of aromatic nitrogens is 1. The third kappa shape index (κ3) is 6.31. The normalized spacial score (nSPS) is 15.4. The van der Waals surface area contributed by atoms with E-state index in [1.165, 1.54) is 6.07 Å². The largest absolute Gasteiger partial charge is 0.371 e. The zero-order valence-electron chi connectivity index (χ0n) is 15.7. The van der Waals surface area contributed by atoms with Gasteiger partial charge in [0.15, 0.2) is 5.96 Å². The van der Waals surface area contributed by atoms with E-state index in [-0.39, 0.29) is 29.8 Å². The molecule has 1 aromatic heterocycles. The van der Waals surface area contributed by atoms with Gasteiger partial charge in [0, 0.05) is 37.2 Å². The maximum atomic E-state index is 13.4. The minimum Gasteiger partial charge on any atom is -0.371 e. The fourth-order valence-corrected chi connectivity index (χ4v) is 3.85. The zero-order valence-corrected chi connectivity index (χ0v) is 18.9. The van der Waals surface area contributed by atoms with E-state index in [0.717, 1.165) is 54.7 Å². The fraction of sp³-hybridized carbons (Fsp3) is 0.474. The van der Waals surface area contributed by atoms with E-state index in [2.05, 4.69) is 37.8 Å². The highest BCUT2D eigenvalue weighted by atomic mass is 127. The third-order valence-corrected chi connectivity index (χ3v) is 5.61. The van der Waals surface area contributed by atoms with Crippen molar-refractivity contribution in [1.29, 1.82) is 0 Å². The summed E-state index contributed by atoms with van der Waals surface area (Å²) in [5, 5.41) is 10.1. The van der Waals surface area contributed by atoms with Crippen molar-refractivity contribution in [3.05, 3.63) is 46.2 Å². The van der Waals surface area contributed by atoms with Crippen LogP contribution in [0.3, 0.4) is 0 Å². The first-order chi connectivity index (χ1) is 12.7. The Morgan fingerprint density at radius 2 is 2.15 bits per heavy atom. The van der Waals surface area contributed by atoms with Crippen LogP contribution < -0.4 is 15.5 Å². The minimum atomic E-state index is -0.180. The highest BCUT2D eigenvalue weighted by Gasteiger charge is 2.20. The van der Waals surface area contributed by atoms with Crippen LogP contribution in [-0.4, -0.2) is 37.1 Å². The number of thiazole rings is 1. The number of benzene rings is 1. The van der Waals surface area contributed by atoms with E-state index in [4.69, 9.17) is 0 Å². The number of aryl methyl sites for hydroxylation is 1. The van der Waals surface area contributed by atoms with Crippen LogP contribution in [0.15, 0.2) is 34.6 Å². The van der Waals surface area contributed by atoms with Crippen molar-refractivity contribution in [2.24, 2.45) is 4.99 Å². The summed E-state index contributed by atoms with van der Waals surface area (Å²) in [4.78, 5) is 11.1. The van der Waals surface area contributed by atoms with E-state index in [1.807, 2.05) is 6.07 Å². The molecule has 5 nitrogen and oxygen atoms in total. The molecule has 2 aromatic rings. The van der Waals surface area contributed by atoms with Crippen LogP contribution >= 0.6 is 35.3 Å². The number of nitrogens with one attached hydrogen (secondary N) is 2. The molecule has 8 heteroatoms. The molecule has 2 N–H and O–H groups in total. The minimum absolute atomic E-state index is 0. The van der Waals surface area contributed by atoms with Crippen LogP contribution in [0.1, 0.15) is 30.5 Å². The van der Waals surface area contributed by atoms with Gasteiger partial charge in [0.2, 0.25) is 0 Å². The van der Waals surface area contributed by atoms with Gasteiger partial charge >= 0.3 is 0 Å². The first-order valence-corrected chi connectivity index (χ1v) is 9.97. The summed E-state index contributed by atoms with van der Waals surface area (Å²) in [6, 6.07) is 7.19. The van der Waals surface area contributed by atoms with Crippen molar-refractivity contribution in [3.63, 3.8) is 0 Å². The molecular weight excluding hydrogens is 476 g/mol. The Balaban J connectivity index is 0.00000261. The highest BCUT2D eigenvalue weighted by Crippen LogP contribution is 2.20. The lowest BCUT2D eigenvalue weighted by atomic mass is 10.0. The van der Waals surface area contributed by atoms with E-state index in [0.29, 0.717) is 12.6 Å². The molecule has 0 amide bonds. The first-order valence-electron chi connectivity index (χ1n) is 9.09. The number of guanidine groups is 1. The van der Waals surface area contributed by atoms with E-state index in [9.17, 15) is 4.39 Å². The van der Waals surface area contributed by atoms with Gasteiger partial charge in [0.25, 0.3) is 0 Å². The first kappa shape index (κ1) is 21.9. The summed E-state index contributed by atoms with van der Waals surface area (Å²) in [5.41, 5.74) is 2.01. The average Bonchev–Trinajstić information content (AvgIpc) is 3.14. The predicted octanol–water partition coefficient (Wildman–Crippen LogP) is 3.80. The van der Waals surface area contributed by atoms with E-state index < -0.39 is 0 Å². The molecule has 0 bridgehead atoms. The lowest BCUT2D eigenvalue weighted by molar-refractivity contribution is 0.461. The Labute approximate surface area is 181 Å². The van der Waals surface area contributed by atoms with Gasteiger partial charge in [-0.2, -0.15) is 0 Å². The van der Waals surface area contributed by atoms with Crippen LogP contribution in [0.5, 0.6) is 0 Å². The van der Waals surface area contributed by atoms with E-state index in [1.54, 1.807) is 30.5 Å². The fourth-order valence-electron chi connectivity index (χ4n) is 3.11. The van der Waals surface area contributed by atoms with Gasteiger partial charge in [-0.15, -0.1) is 35.3 Å². The molecule has 1 aromatic carbocycles. The standard InChI is InChI=1S/C19H26FN5S.HI/c1-3-18-23-16(13-26-18)12-22-19(21-2)24-15-7-9-25(10-8-15)17-6-4-5-14(20)11-17;/h4-6,11,13,15H,3,7-10,12H2,1-2H3,(H2,21,22,24);1H. The quantitative estimate of drug-likeness (QED) is 0.371. The second kappa shape index (κ2) is 10.8. The van der Waals surface area contributed by atoms with Crippen molar-refractivity contribution >= 4 is 47.0 Å². The molecule has 1 saturated heterocycles. The molecule has 3 rings (SSSR count). The third-order valence-electron chi connectivity index (χ3n) is 4.57. The van der Waals surface area contributed by atoms with Crippen LogP contribution in [0.4, 0.5) is 10.1 Å². The topological polar surface area (TPSA) is 52.6 Å². The number of rotatable bonds is 5.